The maximum atomic E-state index is 12.6. The van der Waals surface area contributed by atoms with Crippen LogP contribution in [0.25, 0.3) is 0 Å². The Morgan fingerprint density at radius 3 is 1.98 bits per heavy atom. The normalized spacial score (nSPS) is 14.6. The molecule has 0 aliphatic rings. The van der Waals surface area contributed by atoms with E-state index in [4.69, 9.17) is 13.8 Å². The van der Waals surface area contributed by atoms with Crippen LogP contribution < -0.4 is 4.74 Å². The first-order valence-corrected chi connectivity index (χ1v) is 17.7. The zero-order valence-corrected chi connectivity index (χ0v) is 27.7. The first kappa shape index (κ1) is 37.8. The Morgan fingerprint density at radius 1 is 0.902 bits per heavy atom. The van der Waals surface area contributed by atoms with Gasteiger partial charge in [0, 0.05) is 13.0 Å². The highest BCUT2D eigenvalue weighted by Crippen LogP contribution is 2.46. The first-order chi connectivity index (χ1) is 19.6. The van der Waals surface area contributed by atoms with Gasteiger partial charge < -0.3 is 19.3 Å². The van der Waals surface area contributed by atoms with E-state index in [2.05, 4.69) is 6.92 Å². The third-order valence-electron chi connectivity index (χ3n) is 7.40. The fraction of sp³-hybridized carbons (Fsp3) is 0.788. The van der Waals surface area contributed by atoms with Crippen LogP contribution in [-0.2, 0) is 24.8 Å². The Morgan fingerprint density at radius 2 is 1.46 bits per heavy atom. The zero-order valence-electron chi connectivity index (χ0n) is 26.8. The summed E-state index contributed by atoms with van der Waals surface area (Å²) in [5.74, 6) is 0.645. The molecule has 0 aromatic heterocycles. The number of phosphoric ester groups is 1. The topological polar surface area (TPSA) is 85.3 Å². The molecule has 3 unspecified atom stereocenters. The van der Waals surface area contributed by atoms with Crippen molar-refractivity contribution in [1.82, 2.24) is 4.90 Å². The molecule has 1 rings (SSSR count). The van der Waals surface area contributed by atoms with Gasteiger partial charge in [-0.15, -0.1) is 0 Å². The number of ether oxygens (including phenoxy) is 1. The standard InChI is InChI=1S/C33H60NO6P/c1-6-8-9-10-11-12-13-14-15-16-17-18-25-38-33-21-19-30(20-22-33)27-31(26-29(3)35)28-39-41(36,37)40-32(7-2)23-24-34(4)5/h19-22,31-32H,6-18,23-28H2,1-5H3,(H,36,37). The molecule has 8 heteroatoms. The zero-order chi connectivity index (χ0) is 30.3. The van der Waals surface area contributed by atoms with Crippen molar-refractivity contribution in [2.45, 2.75) is 130 Å². The van der Waals surface area contributed by atoms with Crippen LogP contribution in [-0.4, -0.2) is 55.5 Å². The average Bonchev–Trinajstić information content (AvgIpc) is 2.92. The number of carbonyl (C=O) groups excluding carboxylic acids is 1. The Kier molecular flexibility index (Phi) is 21.4. The van der Waals surface area contributed by atoms with Crippen molar-refractivity contribution in [3.63, 3.8) is 0 Å². The molecular weight excluding hydrogens is 537 g/mol. The van der Waals surface area contributed by atoms with Crippen molar-refractivity contribution in [1.29, 1.82) is 0 Å². The highest BCUT2D eigenvalue weighted by molar-refractivity contribution is 7.47. The Labute approximate surface area is 251 Å². The molecule has 1 aromatic carbocycles. The number of rotatable bonds is 27. The lowest BCUT2D eigenvalue weighted by atomic mass is 9.95. The van der Waals surface area contributed by atoms with Crippen LogP contribution >= 0.6 is 7.82 Å². The number of ketones is 1. The molecule has 0 aliphatic carbocycles. The van der Waals surface area contributed by atoms with Crippen molar-refractivity contribution in [2.24, 2.45) is 5.92 Å². The first-order valence-electron chi connectivity index (χ1n) is 16.2. The summed E-state index contributed by atoms with van der Waals surface area (Å²) in [6.07, 6.45) is 17.6. The van der Waals surface area contributed by atoms with Crippen LogP contribution in [0.4, 0.5) is 0 Å². The molecular formula is C33H60NO6P. The van der Waals surface area contributed by atoms with Crippen LogP contribution in [0.3, 0.4) is 0 Å². The molecule has 7 nitrogen and oxygen atoms in total. The predicted molar refractivity (Wildman–Crippen MR) is 170 cm³/mol. The van der Waals surface area contributed by atoms with E-state index in [1.54, 1.807) is 0 Å². The molecule has 1 aromatic rings. The number of hydrogen-bond acceptors (Lipinski definition) is 6. The van der Waals surface area contributed by atoms with Crippen LogP contribution in [0.15, 0.2) is 24.3 Å². The van der Waals surface area contributed by atoms with E-state index in [0.717, 1.165) is 30.9 Å². The van der Waals surface area contributed by atoms with E-state index in [1.165, 1.54) is 77.6 Å². The molecule has 3 atom stereocenters. The number of carbonyl (C=O) groups is 1. The van der Waals surface area contributed by atoms with Gasteiger partial charge in [0.2, 0.25) is 0 Å². The molecule has 0 spiro atoms. The van der Waals surface area contributed by atoms with Gasteiger partial charge in [0.1, 0.15) is 11.5 Å². The van der Waals surface area contributed by atoms with Gasteiger partial charge in [-0.3, -0.25) is 9.05 Å². The Bertz CT molecular complexity index is 832. The number of nitrogens with zero attached hydrogens (tertiary/aromatic N) is 1. The minimum atomic E-state index is -4.22. The van der Waals surface area contributed by atoms with E-state index in [9.17, 15) is 14.3 Å². The lowest BCUT2D eigenvalue weighted by Gasteiger charge is -2.23. The summed E-state index contributed by atoms with van der Waals surface area (Å²) in [6, 6.07) is 7.90. The van der Waals surface area contributed by atoms with Gasteiger partial charge in [0.25, 0.3) is 0 Å². The largest absolute Gasteiger partial charge is 0.494 e. The number of phosphoric acid groups is 1. The molecule has 41 heavy (non-hydrogen) atoms. The Hall–Kier alpha value is -1.24. The predicted octanol–water partition coefficient (Wildman–Crippen LogP) is 8.77. The molecule has 0 radical (unpaired) electrons. The lowest BCUT2D eigenvalue weighted by molar-refractivity contribution is -0.118. The molecule has 0 amide bonds. The average molecular weight is 598 g/mol. The van der Waals surface area contributed by atoms with Crippen molar-refractivity contribution < 1.29 is 28.0 Å². The van der Waals surface area contributed by atoms with E-state index in [-0.39, 0.29) is 30.8 Å². The summed E-state index contributed by atoms with van der Waals surface area (Å²) in [5, 5.41) is 0. The quantitative estimate of drug-likeness (QED) is 0.0801. The molecule has 0 heterocycles. The number of Topliss-reactive ketones (excluding diaryl/α,β-unsaturated/α-hetero) is 1. The fourth-order valence-electron chi connectivity index (χ4n) is 4.94. The number of unbranched alkanes of at least 4 members (excludes halogenated alkanes) is 11. The second-order valence-corrected chi connectivity index (χ2v) is 13.3. The maximum Gasteiger partial charge on any atom is 0.472 e. The van der Waals surface area contributed by atoms with E-state index >= 15 is 0 Å². The van der Waals surface area contributed by atoms with Gasteiger partial charge in [0.15, 0.2) is 0 Å². The van der Waals surface area contributed by atoms with E-state index in [0.29, 0.717) is 19.3 Å². The molecule has 0 fully saturated rings. The van der Waals surface area contributed by atoms with Crippen LogP contribution in [0.1, 0.15) is 123 Å². The van der Waals surface area contributed by atoms with Crippen LogP contribution in [0.5, 0.6) is 5.75 Å². The second kappa shape index (κ2) is 23.2. The SMILES string of the molecule is CCCCCCCCCCCCCCOc1ccc(CC(COP(=O)(O)OC(CC)CCN(C)C)CC(C)=O)cc1. The van der Waals surface area contributed by atoms with Crippen molar-refractivity contribution >= 4 is 13.6 Å². The second-order valence-electron chi connectivity index (χ2n) is 11.8. The van der Waals surface area contributed by atoms with Gasteiger partial charge in [-0.2, -0.15) is 0 Å². The van der Waals surface area contributed by atoms with Crippen molar-refractivity contribution in [3.05, 3.63) is 29.8 Å². The van der Waals surface area contributed by atoms with Gasteiger partial charge in [-0.25, -0.2) is 4.57 Å². The highest BCUT2D eigenvalue weighted by atomic mass is 31.2. The Balaban J connectivity index is 2.34. The molecule has 0 saturated heterocycles. The number of benzene rings is 1. The molecule has 0 aliphatic heterocycles. The smallest absolute Gasteiger partial charge is 0.472 e. The molecule has 1 N–H and O–H groups in total. The lowest BCUT2D eigenvalue weighted by Crippen LogP contribution is -2.21. The van der Waals surface area contributed by atoms with Crippen molar-refractivity contribution in [3.8, 4) is 5.75 Å². The summed E-state index contributed by atoms with van der Waals surface area (Å²) in [5.41, 5.74) is 1.03. The highest BCUT2D eigenvalue weighted by Gasteiger charge is 2.28. The van der Waals surface area contributed by atoms with Crippen LogP contribution in [0, 0.1) is 5.92 Å². The van der Waals surface area contributed by atoms with Gasteiger partial charge >= 0.3 is 7.82 Å². The fourth-order valence-corrected chi connectivity index (χ4v) is 6.03. The monoisotopic (exact) mass is 597 g/mol. The summed E-state index contributed by atoms with van der Waals surface area (Å²) in [4.78, 5) is 24.1. The van der Waals surface area contributed by atoms with Gasteiger partial charge in [-0.1, -0.05) is 96.6 Å². The molecule has 0 bridgehead atoms. The maximum absolute atomic E-state index is 12.6. The minimum Gasteiger partial charge on any atom is -0.494 e. The summed E-state index contributed by atoms with van der Waals surface area (Å²) >= 11 is 0. The van der Waals surface area contributed by atoms with Gasteiger partial charge in [-0.05, 0) is 70.3 Å². The minimum absolute atomic E-state index is 0.0192. The molecule has 0 saturated carbocycles. The van der Waals surface area contributed by atoms with E-state index < -0.39 is 7.82 Å². The summed E-state index contributed by atoms with van der Waals surface area (Å²) in [7, 11) is -0.316. The number of hydrogen-bond donors (Lipinski definition) is 1. The van der Waals surface area contributed by atoms with Gasteiger partial charge in [0.05, 0.1) is 19.3 Å². The summed E-state index contributed by atoms with van der Waals surface area (Å²) in [6.45, 7) is 7.17. The third kappa shape index (κ3) is 21.2. The van der Waals surface area contributed by atoms with Crippen LogP contribution in [0.2, 0.25) is 0 Å². The van der Waals surface area contributed by atoms with Crippen molar-refractivity contribution in [2.75, 3.05) is 33.9 Å². The molecule has 238 valence electrons. The van der Waals surface area contributed by atoms with E-state index in [1.807, 2.05) is 50.2 Å². The summed E-state index contributed by atoms with van der Waals surface area (Å²) < 4.78 is 29.3. The third-order valence-corrected chi connectivity index (χ3v) is 8.44.